The molecule has 0 aliphatic rings. The van der Waals surface area contributed by atoms with E-state index in [4.69, 9.17) is 4.98 Å². The van der Waals surface area contributed by atoms with Crippen LogP contribution in [0, 0.1) is 24.7 Å². The fourth-order valence-corrected chi connectivity index (χ4v) is 2.86. The highest BCUT2D eigenvalue weighted by Crippen LogP contribution is 2.23. The highest BCUT2D eigenvalue weighted by atomic mass is 15.0. The lowest BCUT2D eigenvalue weighted by molar-refractivity contribution is 0.304. The van der Waals surface area contributed by atoms with E-state index in [1.807, 2.05) is 6.07 Å². The number of hydrogen-bond donors (Lipinski definition) is 1. The molecule has 1 heterocycles. The summed E-state index contributed by atoms with van der Waals surface area (Å²) in [5.41, 5.74) is 2.28. The smallest absolute Gasteiger partial charge is 0.129 e. The monoisotopic (exact) mass is 270 g/mol. The maximum absolute atomic E-state index is 4.75. The standard InChI is InChI=1S/C18H26N2/c1-12(2)16(13(3)4)11-19-18-14(5)10-15-8-6-7-9-17(15)20-18/h6-10,12-13,16H,11H2,1-5H3,(H,19,20). The van der Waals surface area contributed by atoms with Crippen molar-refractivity contribution in [3.05, 3.63) is 35.9 Å². The van der Waals surface area contributed by atoms with Gasteiger partial charge in [0.1, 0.15) is 5.82 Å². The first-order chi connectivity index (χ1) is 9.49. The summed E-state index contributed by atoms with van der Waals surface area (Å²) in [6.45, 7) is 12.3. The van der Waals surface area contributed by atoms with Crippen LogP contribution in [-0.4, -0.2) is 11.5 Å². The normalized spacial score (nSPS) is 11.8. The number of hydrogen-bond acceptors (Lipinski definition) is 2. The lowest BCUT2D eigenvalue weighted by Gasteiger charge is -2.25. The van der Waals surface area contributed by atoms with Gasteiger partial charge in [-0.3, -0.25) is 0 Å². The summed E-state index contributed by atoms with van der Waals surface area (Å²) in [6, 6.07) is 10.5. The van der Waals surface area contributed by atoms with Crippen LogP contribution in [0.1, 0.15) is 33.3 Å². The summed E-state index contributed by atoms with van der Waals surface area (Å²) in [4.78, 5) is 4.75. The molecule has 0 saturated carbocycles. The molecule has 108 valence electrons. The molecule has 1 aromatic heterocycles. The van der Waals surface area contributed by atoms with E-state index in [0.717, 1.165) is 17.9 Å². The summed E-state index contributed by atoms with van der Waals surface area (Å²) in [5.74, 6) is 3.06. The predicted molar refractivity (Wildman–Crippen MR) is 88.1 cm³/mol. The van der Waals surface area contributed by atoms with Crippen LogP contribution in [0.5, 0.6) is 0 Å². The van der Waals surface area contributed by atoms with Gasteiger partial charge in [-0.15, -0.1) is 0 Å². The van der Waals surface area contributed by atoms with Gasteiger partial charge in [0.25, 0.3) is 0 Å². The van der Waals surface area contributed by atoms with Gasteiger partial charge < -0.3 is 5.32 Å². The van der Waals surface area contributed by atoms with Gasteiger partial charge in [-0.25, -0.2) is 4.98 Å². The van der Waals surface area contributed by atoms with Crippen molar-refractivity contribution in [3.8, 4) is 0 Å². The van der Waals surface area contributed by atoms with Crippen LogP contribution in [0.15, 0.2) is 30.3 Å². The Balaban J connectivity index is 2.19. The van der Waals surface area contributed by atoms with Crippen LogP contribution in [0.25, 0.3) is 10.9 Å². The molecule has 2 nitrogen and oxygen atoms in total. The van der Waals surface area contributed by atoms with Gasteiger partial charge in [0.05, 0.1) is 5.52 Å². The number of nitrogens with one attached hydrogen (secondary N) is 1. The molecule has 0 fully saturated rings. The third-order valence-electron chi connectivity index (χ3n) is 4.13. The number of aryl methyl sites for hydroxylation is 1. The van der Waals surface area contributed by atoms with Gasteiger partial charge >= 0.3 is 0 Å². The third-order valence-corrected chi connectivity index (χ3v) is 4.13. The van der Waals surface area contributed by atoms with E-state index < -0.39 is 0 Å². The van der Waals surface area contributed by atoms with E-state index in [-0.39, 0.29) is 0 Å². The fourth-order valence-electron chi connectivity index (χ4n) is 2.86. The van der Waals surface area contributed by atoms with Gasteiger partial charge in [0.2, 0.25) is 0 Å². The highest BCUT2D eigenvalue weighted by molar-refractivity contribution is 5.81. The Morgan fingerprint density at radius 3 is 2.35 bits per heavy atom. The van der Waals surface area contributed by atoms with Crippen molar-refractivity contribution in [1.82, 2.24) is 4.98 Å². The zero-order valence-electron chi connectivity index (χ0n) is 13.3. The van der Waals surface area contributed by atoms with Crippen molar-refractivity contribution in [1.29, 1.82) is 0 Å². The van der Waals surface area contributed by atoms with E-state index in [1.165, 1.54) is 10.9 Å². The minimum Gasteiger partial charge on any atom is -0.370 e. The zero-order valence-corrected chi connectivity index (χ0v) is 13.3. The largest absolute Gasteiger partial charge is 0.370 e. The summed E-state index contributed by atoms with van der Waals surface area (Å²) in [5, 5.41) is 4.76. The Kier molecular flexibility index (Phi) is 4.64. The topological polar surface area (TPSA) is 24.9 Å². The van der Waals surface area contributed by atoms with Crippen molar-refractivity contribution in [2.24, 2.45) is 17.8 Å². The summed E-state index contributed by atoms with van der Waals surface area (Å²) in [7, 11) is 0. The van der Waals surface area contributed by atoms with Crippen LogP contribution in [0.2, 0.25) is 0 Å². The maximum Gasteiger partial charge on any atom is 0.129 e. The van der Waals surface area contributed by atoms with Crippen molar-refractivity contribution >= 4 is 16.7 Å². The van der Waals surface area contributed by atoms with Crippen molar-refractivity contribution in [2.45, 2.75) is 34.6 Å². The molecule has 0 bridgehead atoms. The Hall–Kier alpha value is -1.57. The van der Waals surface area contributed by atoms with Gasteiger partial charge in [-0.05, 0) is 42.4 Å². The first-order valence-electron chi connectivity index (χ1n) is 7.59. The van der Waals surface area contributed by atoms with Crippen LogP contribution in [-0.2, 0) is 0 Å². The number of para-hydroxylation sites is 1. The second kappa shape index (κ2) is 6.25. The van der Waals surface area contributed by atoms with Crippen LogP contribution in [0.3, 0.4) is 0 Å². The number of fused-ring (bicyclic) bond motifs is 1. The molecule has 0 saturated heterocycles. The molecular formula is C18H26N2. The summed E-state index contributed by atoms with van der Waals surface area (Å²) < 4.78 is 0. The number of benzene rings is 1. The molecule has 0 atom stereocenters. The number of pyridine rings is 1. The van der Waals surface area contributed by atoms with E-state index >= 15 is 0 Å². The fraction of sp³-hybridized carbons (Fsp3) is 0.500. The van der Waals surface area contributed by atoms with Gasteiger partial charge in [0, 0.05) is 11.9 Å². The SMILES string of the molecule is Cc1cc2ccccc2nc1NCC(C(C)C)C(C)C. The second-order valence-electron chi connectivity index (χ2n) is 6.38. The molecule has 0 unspecified atom stereocenters. The van der Waals surface area contributed by atoms with Crippen molar-refractivity contribution in [3.63, 3.8) is 0 Å². The van der Waals surface area contributed by atoms with Crippen molar-refractivity contribution < 1.29 is 0 Å². The molecule has 0 aliphatic carbocycles. The molecular weight excluding hydrogens is 244 g/mol. The third kappa shape index (κ3) is 3.30. The predicted octanol–water partition coefficient (Wildman–Crippen LogP) is 4.88. The van der Waals surface area contributed by atoms with Gasteiger partial charge in [0.15, 0.2) is 0 Å². The van der Waals surface area contributed by atoms with Crippen LogP contribution in [0.4, 0.5) is 5.82 Å². The van der Waals surface area contributed by atoms with Crippen LogP contribution < -0.4 is 5.32 Å². The Bertz CT molecular complexity index is 565. The Labute approximate surface area is 122 Å². The Morgan fingerprint density at radius 2 is 1.70 bits per heavy atom. The molecule has 2 rings (SSSR count). The summed E-state index contributed by atoms with van der Waals surface area (Å²) >= 11 is 0. The molecule has 0 aliphatic heterocycles. The lowest BCUT2D eigenvalue weighted by Crippen LogP contribution is -2.25. The maximum atomic E-state index is 4.75. The molecule has 2 heteroatoms. The average Bonchev–Trinajstić information content (AvgIpc) is 2.38. The molecule has 1 N–H and O–H groups in total. The lowest BCUT2D eigenvalue weighted by atomic mass is 9.85. The molecule has 1 aromatic carbocycles. The molecule has 20 heavy (non-hydrogen) atoms. The minimum absolute atomic E-state index is 0.669. The second-order valence-corrected chi connectivity index (χ2v) is 6.38. The Morgan fingerprint density at radius 1 is 1.05 bits per heavy atom. The number of aromatic nitrogens is 1. The quantitative estimate of drug-likeness (QED) is 0.837. The average molecular weight is 270 g/mol. The number of rotatable bonds is 5. The molecule has 0 amide bonds. The van der Waals surface area contributed by atoms with Gasteiger partial charge in [-0.2, -0.15) is 0 Å². The summed E-state index contributed by atoms with van der Waals surface area (Å²) in [6.07, 6.45) is 0. The number of anilines is 1. The van der Waals surface area contributed by atoms with E-state index in [9.17, 15) is 0 Å². The van der Waals surface area contributed by atoms with E-state index in [0.29, 0.717) is 17.8 Å². The van der Waals surface area contributed by atoms with Crippen LogP contribution >= 0.6 is 0 Å². The number of nitrogens with zero attached hydrogens (tertiary/aromatic N) is 1. The zero-order chi connectivity index (χ0) is 14.7. The molecule has 2 aromatic rings. The van der Waals surface area contributed by atoms with E-state index in [1.54, 1.807) is 0 Å². The minimum atomic E-state index is 0.669. The molecule has 0 radical (unpaired) electrons. The van der Waals surface area contributed by atoms with E-state index in [2.05, 4.69) is 64.2 Å². The molecule has 0 spiro atoms. The van der Waals surface area contributed by atoms with Crippen molar-refractivity contribution in [2.75, 3.05) is 11.9 Å². The first kappa shape index (κ1) is 14.8. The first-order valence-corrected chi connectivity index (χ1v) is 7.59. The highest BCUT2D eigenvalue weighted by Gasteiger charge is 2.17. The van der Waals surface area contributed by atoms with Gasteiger partial charge in [-0.1, -0.05) is 45.9 Å².